The van der Waals surface area contributed by atoms with E-state index in [4.69, 9.17) is 8.81 Å². The molecule has 1 heterocycles. The normalized spacial score (nSPS) is 17.1. The highest BCUT2D eigenvalue weighted by atomic mass is 79.9. The van der Waals surface area contributed by atoms with Crippen molar-refractivity contribution in [2.75, 3.05) is 12.5 Å². The topological polar surface area (TPSA) is 50.5 Å². The molecule has 2 aliphatic carbocycles. The molecule has 1 spiro atoms. The maximum Gasteiger partial charge on any atom is 0.197 e. The molecule has 1 atom stereocenters. The molecule has 5 nitrogen and oxygen atoms in total. The quantitative estimate of drug-likeness (QED) is 0.259. The third-order valence-corrected chi connectivity index (χ3v) is 7.28. The number of anilines is 1. The minimum atomic E-state index is 0.216. The molecule has 2 aliphatic rings. The average Bonchev–Trinajstić information content (AvgIpc) is 3.39. The molecule has 0 radical (unpaired) electrons. The van der Waals surface area contributed by atoms with Gasteiger partial charge < -0.3 is 4.52 Å². The summed E-state index contributed by atoms with van der Waals surface area (Å²) in [5.74, 6) is 1.52. The molecule has 7 heteroatoms. The number of hydrogen-bond donors (Lipinski definition) is 1. The van der Waals surface area contributed by atoms with Gasteiger partial charge in [0.05, 0.1) is 0 Å². The van der Waals surface area contributed by atoms with Gasteiger partial charge in [-0.3, -0.25) is 0 Å². The first-order chi connectivity index (χ1) is 14.1. The Morgan fingerprint density at radius 2 is 2.03 bits per heavy atom. The van der Waals surface area contributed by atoms with Crippen LogP contribution in [-0.2, 0) is 16.1 Å². The van der Waals surface area contributed by atoms with Crippen LogP contribution in [0.5, 0.6) is 0 Å². The van der Waals surface area contributed by atoms with Crippen LogP contribution in [0.3, 0.4) is 0 Å². The van der Waals surface area contributed by atoms with Crippen molar-refractivity contribution in [3.05, 3.63) is 69.7 Å². The Bertz CT molecular complexity index is 1040. The van der Waals surface area contributed by atoms with Crippen LogP contribution in [-0.4, -0.2) is 16.5 Å². The number of nitrogens with one attached hydrogen (secondary N) is 1. The van der Waals surface area contributed by atoms with Crippen molar-refractivity contribution in [2.45, 2.75) is 37.6 Å². The van der Waals surface area contributed by atoms with Crippen LogP contribution >= 0.6 is 28.2 Å². The molecule has 29 heavy (non-hydrogen) atoms. The van der Waals surface area contributed by atoms with E-state index in [1.54, 1.807) is 0 Å². The molecule has 0 unspecified atom stereocenters. The van der Waals surface area contributed by atoms with Gasteiger partial charge in [-0.15, -0.1) is 0 Å². The van der Waals surface area contributed by atoms with Crippen molar-refractivity contribution in [3.63, 3.8) is 0 Å². The molecule has 1 saturated carbocycles. The summed E-state index contributed by atoms with van der Waals surface area (Å²) in [5, 5.41) is 4.26. The van der Waals surface area contributed by atoms with E-state index in [1.165, 1.54) is 36.2 Å². The van der Waals surface area contributed by atoms with Crippen LogP contribution in [0.1, 0.15) is 42.5 Å². The summed E-state index contributed by atoms with van der Waals surface area (Å²) in [4.78, 5) is 0. The number of hydrogen-bond acceptors (Lipinski definition) is 6. The third-order valence-electron chi connectivity index (χ3n) is 6.08. The summed E-state index contributed by atoms with van der Waals surface area (Å²) in [7, 11) is 2.01. The zero-order valence-corrected chi connectivity index (χ0v) is 18.7. The van der Waals surface area contributed by atoms with E-state index in [2.05, 4.69) is 80.3 Å². The first kappa shape index (κ1) is 19.2. The van der Waals surface area contributed by atoms with Crippen molar-refractivity contribution >= 4 is 34.0 Å². The van der Waals surface area contributed by atoms with Crippen LogP contribution in [0.15, 0.2) is 57.5 Å². The lowest BCUT2D eigenvalue weighted by Gasteiger charge is -2.25. The van der Waals surface area contributed by atoms with Crippen LogP contribution in [0, 0.1) is 0 Å². The zero-order chi connectivity index (χ0) is 20.0. The monoisotopic (exact) mass is 471 g/mol. The summed E-state index contributed by atoms with van der Waals surface area (Å²) in [6.07, 6.45) is 3.35. The first-order valence-electron chi connectivity index (χ1n) is 9.74. The lowest BCUT2D eigenvalue weighted by Crippen LogP contribution is -2.18. The minimum absolute atomic E-state index is 0.216. The molecule has 0 bridgehead atoms. The lowest BCUT2D eigenvalue weighted by atomic mass is 9.79. The molecule has 0 aliphatic heterocycles. The number of halogens is 1. The van der Waals surface area contributed by atoms with E-state index in [0.29, 0.717) is 5.82 Å². The van der Waals surface area contributed by atoms with E-state index in [-0.39, 0.29) is 11.5 Å². The van der Waals surface area contributed by atoms with Gasteiger partial charge >= 0.3 is 0 Å². The van der Waals surface area contributed by atoms with Crippen LogP contribution in [0.4, 0.5) is 5.82 Å². The molecule has 1 fully saturated rings. The van der Waals surface area contributed by atoms with Crippen LogP contribution in [0.2, 0.25) is 0 Å². The van der Waals surface area contributed by atoms with Gasteiger partial charge in [0.1, 0.15) is 12.2 Å². The van der Waals surface area contributed by atoms with Gasteiger partial charge in [-0.25, -0.2) is 9.79 Å². The highest BCUT2D eigenvalue weighted by molar-refractivity contribution is 9.10. The maximum atomic E-state index is 5.73. The number of benzene rings is 2. The second kappa shape index (κ2) is 7.47. The molecule has 150 valence electrons. The van der Waals surface area contributed by atoms with Gasteiger partial charge in [0.25, 0.3) is 0 Å². The molecule has 5 rings (SSSR count). The lowest BCUT2D eigenvalue weighted by molar-refractivity contribution is 0.376. The van der Waals surface area contributed by atoms with E-state index in [0.717, 1.165) is 27.8 Å². The fraction of sp³-hybridized carbons (Fsp3) is 0.318. The van der Waals surface area contributed by atoms with Crippen molar-refractivity contribution in [2.24, 2.45) is 0 Å². The molecular weight excluding hydrogens is 450 g/mol. The molecule has 1 aromatic heterocycles. The Labute approximate surface area is 183 Å². The van der Waals surface area contributed by atoms with E-state index in [1.807, 2.05) is 13.1 Å². The number of aromatic nitrogens is 1. The Morgan fingerprint density at radius 3 is 2.79 bits per heavy atom. The largest absolute Gasteiger partial charge is 0.354 e. The predicted molar refractivity (Wildman–Crippen MR) is 119 cm³/mol. The first-order valence-corrected chi connectivity index (χ1v) is 11.2. The van der Waals surface area contributed by atoms with Crippen LogP contribution < -0.4 is 5.48 Å². The summed E-state index contributed by atoms with van der Waals surface area (Å²) in [6, 6.07) is 17.0. The van der Waals surface area contributed by atoms with Crippen molar-refractivity contribution in [3.8, 4) is 11.3 Å². The predicted octanol–water partition coefficient (Wildman–Crippen LogP) is 6.29. The summed E-state index contributed by atoms with van der Waals surface area (Å²) >= 11 is 4.85. The second-order valence-corrected chi connectivity index (χ2v) is 9.69. The highest BCUT2D eigenvalue weighted by Crippen LogP contribution is 2.58. The molecule has 1 N–H and O–H groups in total. The Morgan fingerprint density at radius 1 is 1.24 bits per heavy atom. The number of fused-ring (bicyclic) bond motifs is 4. The maximum absolute atomic E-state index is 5.73. The fourth-order valence-corrected chi connectivity index (χ4v) is 4.93. The summed E-state index contributed by atoms with van der Waals surface area (Å²) < 4.78 is 14.5. The second-order valence-electron chi connectivity index (χ2n) is 7.88. The van der Waals surface area contributed by atoms with Gasteiger partial charge in [0.15, 0.2) is 11.6 Å². The standard InChI is InChI=1S/C22H22BrN3O2S/c1-14(15-6-4-3-5-7-15)26(2)29-28-25-21-18-13-22(10-11-22)19-9-8-16(23)12-17(19)20(18)27-24-21/h3-9,12,14H,10-11,13H2,1-2H3,(H,24,25)/t14-/m1/s1. The summed E-state index contributed by atoms with van der Waals surface area (Å²) in [5.41, 5.74) is 8.10. The van der Waals surface area contributed by atoms with Gasteiger partial charge in [-0.2, -0.15) is 4.28 Å². The van der Waals surface area contributed by atoms with Crippen molar-refractivity contribution in [1.82, 2.24) is 9.46 Å². The SMILES string of the molecule is C[C@H](c1ccccc1)N(C)SONc1noc2c1CC1(CC1)c1ccc(Br)cc1-2. The molecular formula is C22H22BrN3O2S. The van der Waals surface area contributed by atoms with Crippen LogP contribution in [0.25, 0.3) is 11.3 Å². The molecule has 0 amide bonds. The Kier molecular flexibility index (Phi) is 4.94. The minimum Gasteiger partial charge on any atom is -0.354 e. The molecule has 2 aromatic carbocycles. The van der Waals surface area contributed by atoms with E-state index >= 15 is 0 Å². The highest BCUT2D eigenvalue weighted by Gasteiger charge is 2.50. The Hall–Kier alpha value is -1.80. The van der Waals surface area contributed by atoms with Gasteiger partial charge in [0, 0.05) is 34.1 Å². The molecule has 3 aromatic rings. The van der Waals surface area contributed by atoms with Gasteiger partial charge in [-0.05, 0) is 49.4 Å². The van der Waals surface area contributed by atoms with Gasteiger partial charge in [-0.1, -0.05) is 57.5 Å². The average molecular weight is 472 g/mol. The zero-order valence-electron chi connectivity index (χ0n) is 16.3. The summed E-state index contributed by atoms with van der Waals surface area (Å²) in [6.45, 7) is 2.15. The van der Waals surface area contributed by atoms with Gasteiger partial charge in [0.2, 0.25) is 0 Å². The Balaban J connectivity index is 1.30. The van der Waals surface area contributed by atoms with Crippen molar-refractivity contribution in [1.29, 1.82) is 0 Å². The smallest absolute Gasteiger partial charge is 0.197 e. The molecule has 0 saturated heterocycles. The third kappa shape index (κ3) is 3.50. The van der Waals surface area contributed by atoms with E-state index < -0.39 is 0 Å². The number of rotatable bonds is 6. The number of nitrogens with zero attached hydrogens (tertiary/aromatic N) is 2. The fourth-order valence-electron chi connectivity index (χ4n) is 4.09. The van der Waals surface area contributed by atoms with E-state index in [9.17, 15) is 0 Å². The van der Waals surface area contributed by atoms with Crippen molar-refractivity contribution < 1.29 is 8.81 Å².